The van der Waals surface area contributed by atoms with Crippen LogP contribution in [0.4, 0.5) is 0 Å². The number of rotatable bonds is 1. The van der Waals surface area contributed by atoms with Gasteiger partial charge in [-0.05, 0) is 39.7 Å². The van der Waals surface area contributed by atoms with Crippen molar-refractivity contribution >= 4 is 27.5 Å². The number of fused-ring (bicyclic) bond motifs is 1. The molecule has 0 radical (unpaired) electrons. The van der Waals surface area contributed by atoms with Crippen LogP contribution in [0, 0.1) is 0 Å². The van der Waals surface area contributed by atoms with Crippen molar-refractivity contribution in [3.63, 3.8) is 0 Å². The standard InChI is InChI=1S/C10H6BrClN2O3/c11-6-3-5(9-13-10(12)17-14-9)4-7-8(6)16-2-1-15-7/h3-4H,1-2H2. The molecule has 0 N–H and O–H groups in total. The van der Waals surface area contributed by atoms with Crippen LogP contribution in [-0.4, -0.2) is 23.4 Å². The van der Waals surface area contributed by atoms with E-state index in [4.69, 9.17) is 25.6 Å². The number of ether oxygens (including phenoxy) is 2. The Labute approximate surface area is 110 Å². The first kappa shape index (κ1) is 10.9. The second-order valence-electron chi connectivity index (χ2n) is 3.35. The Morgan fingerprint density at radius 1 is 1.24 bits per heavy atom. The Bertz CT molecular complexity index is 573. The van der Waals surface area contributed by atoms with Gasteiger partial charge in [-0.3, -0.25) is 0 Å². The van der Waals surface area contributed by atoms with Crippen LogP contribution < -0.4 is 9.47 Å². The van der Waals surface area contributed by atoms with Gasteiger partial charge in [0.15, 0.2) is 11.5 Å². The predicted octanol–water partition coefficient (Wildman–Crippen LogP) is 2.92. The van der Waals surface area contributed by atoms with Crippen molar-refractivity contribution in [2.24, 2.45) is 0 Å². The number of hydrogen-bond donors (Lipinski definition) is 0. The SMILES string of the molecule is Clc1nc(-c2cc(Br)c3c(c2)OCCO3)no1. The predicted molar refractivity (Wildman–Crippen MR) is 63.4 cm³/mol. The Kier molecular flexibility index (Phi) is 2.68. The van der Waals surface area contributed by atoms with Gasteiger partial charge in [0, 0.05) is 5.56 Å². The third-order valence-electron chi connectivity index (χ3n) is 2.26. The molecular formula is C10H6BrClN2O3. The van der Waals surface area contributed by atoms with Gasteiger partial charge in [-0.2, -0.15) is 4.98 Å². The van der Waals surface area contributed by atoms with Gasteiger partial charge in [-0.25, -0.2) is 0 Å². The van der Waals surface area contributed by atoms with Gasteiger partial charge in [0.2, 0.25) is 5.82 Å². The first-order chi connectivity index (χ1) is 8.24. The van der Waals surface area contributed by atoms with E-state index in [-0.39, 0.29) is 5.35 Å². The summed E-state index contributed by atoms with van der Waals surface area (Å²) in [7, 11) is 0. The Morgan fingerprint density at radius 3 is 2.82 bits per heavy atom. The zero-order valence-corrected chi connectivity index (χ0v) is 10.8. The smallest absolute Gasteiger partial charge is 0.320 e. The highest BCUT2D eigenvalue weighted by atomic mass is 79.9. The molecule has 17 heavy (non-hydrogen) atoms. The molecule has 0 amide bonds. The maximum atomic E-state index is 5.59. The summed E-state index contributed by atoms with van der Waals surface area (Å²) in [4.78, 5) is 3.94. The van der Waals surface area contributed by atoms with Crippen molar-refractivity contribution in [3.05, 3.63) is 22.0 Å². The molecule has 0 fully saturated rings. The molecule has 2 aromatic rings. The van der Waals surface area contributed by atoms with Crippen LogP contribution >= 0.6 is 27.5 Å². The van der Waals surface area contributed by atoms with E-state index in [1.54, 1.807) is 6.07 Å². The van der Waals surface area contributed by atoms with E-state index in [0.717, 1.165) is 10.0 Å². The van der Waals surface area contributed by atoms with Crippen molar-refractivity contribution in [2.75, 3.05) is 13.2 Å². The quantitative estimate of drug-likeness (QED) is 0.809. The number of nitrogens with zero attached hydrogens (tertiary/aromatic N) is 2. The lowest BCUT2D eigenvalue weighted by Gasteiger charge is -2.19. The van der Waals surface area contributed by atoms with Crippen LogP contribution in [-0.2, 0) is 0 Å². The van der Waals surface area contributed by atoms with E-state index in [0.29, 0.717) is 30.5 Å². The molecule has 0 unspecified atom stereocenters. The molecule has 5 nitrogen and oxygen atoms in total. The van der Waals surface area contributed by atoms with Gasteiger partial charge in [0.05, 0.1) is 4.47 Å². The van der Waals surface area contributed by atoms with Crippen LogP contribution in [0.5, 0.6) is 11.5 Å². The van der Waals surface area contributed by atoms with E-state index >= 15 is 0 Å². The fourth-order valence-corrected chi connectivity index (χ4v) is 2.23. The molecule has 88 valence electrons. The van der Waals surface area contributed by atoms with Crippen LogP contribution in [0.15, 0.2) is 21.1 Å². The monoisotopic (exact) mass is 316 g/mol. The Morgan fingerprint density at radius 2 is 2.06 bits per heavy atom. The van der Waals surface area contributed by atoms with Gasteiger partial charge in [-0.1, -0.05) is 5.16 Å². The summed E-state index contributed by atoms with van der Waals surface area (Å²) in [5.74, 6) is 1.75. The molecule has 7 heteroatoms. The van der Waals surface area contributed by atoms with E-state index < -0.39 is 0 Å². The Hall–Kier alpha value is -1.27. The fourth-order valence-electron chi connectivity index (χ4n) is 1.56. The van der Waals surface area contributed by atoms with E-state index in [9.17, 15) is 0 Å². The average Bonchev–Trinajstić information content (AvgIpc) is 2.76. The highest BCUT2D eigenvalue weighted by Gasteiger charge is 2.18. The minimum Gasteiger partial charge on any atom is -0.486 e. The van der Waals surface area contributed by atoms with Gasteiger partial charge >= 0.3 is 5.35 Å². The van der Waals surface area contributed by atoms with Crippen LogP contribution in [0.1, 0.15) is 0 Å². The van der Waals surface area contributed by atoms with Crippen molar-refractivity contribution in [3.8, 4) is 22.9 Å². The van der Waals surface area contributed by atoms with Crippen molar-refractivity contribution < 1.29 is 14.0 Å². The maximum Gasteiger partial charge on any atom is 0.320 e. The summed E-state index contributed by atoms with van der Waals surface area (Å²) in [6.07, 6.45) is 0. The lowest BCUT2D eigenvalue weighted by Crippen LogP contribution is -2.15. The van der Waals surface area contributed by atoms with Crippen molar-refractivity contribution in [2.45, 2.75) is 0 Å². The fraction of sp³-hybridized carbons (Fsp3) is 0.200. The number of benzene rings is 1. The molecule has 0 aliphatic carbocycles. The van der Waals surface area contributed by atoms with Crippen LogP contribution in [0.2, 0.25) is 5.35 Å². The van der Waals surface area contributed by atoms with Gasteiger partial charge in [0.25, 0.3) is 0 Å². The van der Waals surface area contributed by atoms with E-state index in [2.05, 4.69) is 26.1 Å². The summed E-state index contributed by atoms with van der Waals surface area (Å²) in [6.45, 7) is 1.06. The minimum absolute atomic E-state index is 0.00557. The molecule has 0 bridgehead atoms. The van der Waals surface area contributed by atoms with Crippen molar-refractivity contribution in [1.82, 2.24) is 10.1 Å². The van der Waals surface area contributed by atoms with Gasteiger partial charge in [-0.15, -0.1) is 0 Å². The lowest BCUT2D eigenvalue weighted by atomic mass is 10.2. The first-order valence-corrected chi connectivity index (χ1v) is 6.00. The second kappa shape index (κ2) is 4.19. The minimum atomic E-state index is 0.00557. The summed E-state index contributed by atoms with van der Waals surface area (Å²) in [6, 6.07) is 3.62. The summed E-state index contributed by atoms with van der Waals surface area (Å²) in [5, 5.41) is 3.75. The topological polar surface area (TPSA) is 57.4 Å². The third kappa shape index (κ3) is 1.98. The summed E-state index contributed by atoms with van der Waals surface area (Å²) >= 11 is 9.00. The molecule has 1 aliphatic heterocycles. The molecule has 1 aromatic carbocycles. The van der Waals surface area contributed by atoms with E-state index in [1.165, 1.54) is 0 Å². The molecular weight excluding hydrogens is 311 g/mol. The normalized spacial score (nSPS) is 13.8. The lowest BCUT2D eigenvalue weighted by molar-refractivity contribution is 0.170. The summed E-state index contributed by atoms with van der Waals surface area (Å²) < 4.78 is 16.5. The highest BCUT2D eigenvalue weighted by molar-refractivity contribution is 9.10. The van der Waals surface area contributed by atoms with Crippen molar-refractivity contribution in [1.29, 1.82) is 0 Å². The molecule has 3 rings (SSSR count). The summed E-state index contributed by atoms with van der Waals surface area (Å²) in [5.41, 5.74) is 0.747. The molecule has 0 atom stereocenters. The number of aromatic nitrogens is 2. The Balaban J connectivity index is 2.10. The molecule has 0 spiro atoms. The number of halogens is 2. The van der Waals surface area contributed by atoms with Gasteiger partial charge < -0.3 is 14.0 Å². The molecule has 1 aromatic heterocycles. The largest absolute Gasteiger partial charge is 0.486 e. The highest BCUT2D eigenvalue weighted by Crippen LogP contribution is 2.40. The zero-order chi connectivity index (χ0) is 11.8. The maximum absolute atomic E-state index is 5.59. The molecule has 0 saturated carbocycles. The molecule has 1 aliphatic rings. The zero-order valence-electron chi connectivity index (χ0n) is 8.44. The number of hydrogen-bond acceptors (Lipinski definition) is 5. The second-order valence-corrected chi connectivity index (χ2v) is 4.53. The first-order valence-electron chi connectivity index (χ1n) is 4.83. The molecule has 0 saturated heterocycles. The van der Waals surface area contributed by atoms with Crippen LogP contribution in [0.25, 0.3) is 11.4 Å². The van der Waals surface area contributed by atoms with E-state index in [1.807, 2.05) is 6.07 Å². The van der Waals surface area contributed by atoms with Crippen LogP contribution in [0.3, 0.4) is 0 Å². The average molecular weight is 318 g/mol. The van der Waals surface area contributed by atoms with Gasteiger partial charge in [0.1, 0.15) is 13.2 Å². The third-order valence-corrected chi connectivity index (χ3v) is 3.00. The molecule has 2 heterocycles.